The van der Waals surface area contributed by atoms with Gasteiger partial charge in [-0.25, -0.2) is 4.98 Å². The molecule has 29 heavy (non-hydrogen) atoms. The molecule has 0 bridgehead atoms. The predicted octanol–water partition coefficient (Wildman–Crippen LogP) is 6.94. The lowest BCUT2D eigenvalue weighted by Crippen LogP contribution is -1.92. The van der Waals surface area contributed by atoms with Crippen LogP contribution in [0.15, 0.2) is 66.7 Å². The molecule has 0 saturated carbocycles. The van der Waals surface area contributed by atoms with Gasteiger partial charge in [-0.15, -0.1) is 11.3 Å². The Labute approximate surface area is 187 Å². The lowest BCUT2D eigenvalue weighted by molar-refractivity contribution is 0.416. The summed E-state index contributed by atoms with van der Waals surface area (Å²) in [7, 11) is 1.72. The van der Waals surface area contributed by atoms with Crippen molar-refractivity contribution >= 4 is 39.3 Å². The highest BCUT2D eigenvalue weighted by Gasteiger charge is 2.25. The van der Waals surface area contributed by atoms with E-state index in [0.717, 1.165) is 45.6 Å². The first kappa shape index (κ1) is 18.4. The van der Waals surface area contributed by atoms with E-state index in [2.05, 4.69) is 50.7 Å². The lowest BCUT2D eigenvalue weighted by atomic mass is 9.98. The third-order valence-corrected chi connectivity index (χ3v) is 6.80. The van der Waals surface area contributed by atoms with Gasteiger partial charge in [0.15, 0.2) is 5.13 Å². The molecule has 1 heterocycles. The second kappa shape index (κ2) is 7.68. The zero-order valence-electron chi connectivity index (χ0n) is 15.6. The van der Waals surface area contributed by atoms with E-state index in [0.29, 0.717) is 0 Å². The standard InChI is InChI=1S/C23H17IN2O2S/c1-27-20-11-15-12-21-22(25-23(26-24)29-21)19(15)13-18(20)14-7-9-17(10-8-14)28-16-5-3-2-4-6-16/h2-11,13H,12H2,1H3,(H,25,26). The molecule has 1 aliphatic rings. The van der Waals surface area contributed by atoms with Gasteiger partial charge in [-0.2, -0.15) is 0 Å². The summed E-state index contributed by atoms with van der Waals surface area (Å²) in [5.41, 5.74) is 5.68. The van der Waals surface area contributed by atoms with Crippen LogP contribution in [0, 0.1) is 0 Å². The van der Waals surface area contributed by atoms with E-state index < -0.39 is 0 Å². The van der Waals surface area contributed by atoms with E-state index in [1.807, 2.05) is 42.5 Å². The number of anilines is 1. The number of para-hydroxylation sites is 1. The number of rotatable bonds is 5. The number of ether oxygens (including phenoxy) is 2. The summed E-state index contributed by atoms with van der Waals surface area (Å²) < 4.78 is 14.7. The number of fused-ring (bicyclic) bond motifs is 3. The minimum atomic E-state index is 0.805. The second-order valence-electron chi connectivity index (χ2n) is 6.71. The van der Waals surface area contributed by atoms with E-state index in [1.165, 1.54) is 16.0 Å². The molecule has 0 fully saturated rings. The van der Waals surface area contributed by atoms with Crippen molar-refractivity contribution in [2.75, 3.05) is 10.6 Å². The molecular weight excluding hydrogens is 495 g/mol. The SMILES string of the molecule is COc1cc2c(cc1-c1ccc(Oc3ccccc3)cc1)-c1nc(NI)sc1C2. The molecule has 1 aromatic heterocycles. The van der Waals surface area contributed by atoms with Crippen LogP contribution in [-0.2, 0) is 6.42 Å². The van der Waals surface area contributed by atoms with Gasteiger partial charge in [0.1, 0.15) is 17.2 Å². The maximum Gasteiger partial charge on any atom is 0.192 e. The van der Waals surface area contributed by atoms with Gasteiger partial charge < -0.3 is 13.0 Å². The first-order chi connectivity index (χ1) is 14.2. The van der Waals surface area contributed by atoms with Gasteiger partial charge in [0.2, 0.25) is 0 Å². The third kappa shape index (κ3) is 3.47. The van der Waals surface area contributed by atoms with Crippen molar-refractivity contribution in [2.24, 2.45) is 0 Å². The molecule has 1 aliphatic carbocycles. The number of aromatic nitrogens is 1. The van der Waals surface area contributed by atoms with E-state index in [9.17, 15) is 0 Å². The highest BCUT2D eigenvalue weighted by Crippen LogP contribution is 2.46. The average molecular weight is 512 g/mol. The molecule has 6 heteroatoms. The zero-order chi connectivity index (χ0) is 19.8. The highest BCUT2D eigenvalue weighted by atomic mass is 127. The Kier molecular flexibility index (Phi) is 4.89. The van der Waals surface area contributed by atoms with Crippen molar-refractivity contribution in [3.8, 4) is 39.6 Å². The topological polar surface area (TPSA) is 43.4 Å². The van der Waals surface area contributed by atoms with E-state index in [1.54, 1.807) is 18.4 Å². The molecule has 0 spiro atoms. The van der Waals surface area contributed by atoms with Crippen LogP contribution in [0.3, 0.4) is 0 Å². The van der Waals surface area contributed by atoms with E-state index in [4.69, 9.17) is 14.5 Å². The van der Waals surface area contributed by atoms with Crippen LogP contribution in [0.5, 0.6) is 17.2 Å². The Hall–Kier alpha value is -2.58. The molecule has 0 radical (unpaired) electrons. The van der Waals surface area contributed by atoms with Crippen LogP contribution < -0.4 is 13.0 Å². The molecule has 0 unspecified atom stereocenters. The molecule has 144 valence electrons. The summed E-state index contributed by atoms with van der Waals surface area (Å²) in [5.74, 6) is 2.51. The van der Waals surface area contributed by atoms with Gasteiger partial charge in [-0.3, -0.25) is 0 Å². The van der Waals surface area contributed by atoms with Crippen LogP contribution in [-0.4, -0.2) is 12.1 Å². The Morgan fingerprint density at radius 2 is 1.72 bits per heavy atom. The maximum absolute atomic E-state index is 5.91. The summed E-state index contributed by atoms with van der Waals surface area (Å²) in [4.78, 5) is 6.04. The van der Waals surface area contributed by atoms with Crippen molar-refractivity contribution in [2.45, 2.75) is 6.42 Å². The fraction of sp³-hybridized carbons (Fsp3) is 0.0870. The average Bonchev–Trinajstić information content (AvgIpc) is 3.31. The molecule has 0 atom stereocenters. The van der Waals surface area contributed by atoms with Crippen molar-refractivity contribution in [1.29, 1.82) is 0 Å². The van der Waals surface area contributed by atoms with Gasteiger partial charge in [0.25, 0.3) is 0 Å². The first-order valence-electron chi connectivity index (χ1n) is 9.16. The predicted molar refractivity (Wildman–Crippen MR) is 127 cm³/mol. The second-order valence-corrected chi connectivity index (χ2v) is 8.33. The molecule has 1 N–H and O–H groups in total. The van der Waals surface area contributed by atoms with Crippen LogP contribution in [0.1, 0.15) is 10.4 Å². The molecule has 0 saturated heterocycles. The van der Waals surface area contributed by atoms with Crippen LogP contribution >= 0.6 is 34.2 Å². The Balaban J connectivity index is 1.50. The van der Waals surface area contributed by atoms with Gasteiger partial charge in [0, 0.05) is 22.4 Å². The summed E-state index contributed by atoms with van der Waals surface area (Å²) in [5, 5.41) is 0.945. The van der Waals surface area contributed by atoms with Crippen molar-refractivity contribution in [1.82, 2.24) is 4.98 Å². The third-order valence-electron chi connectivity index (χ3n) is 4.95. The number of methoxy groups -OCH3 is 1. The fourth-order valence-corrected chi connectivity index (χ4v) is 4.95. The fourth-order valence-electron chi connectivity index (χ4n) is 3.61. The number of halogens is 1. The highest BCUT2D eigenvalue weighted by molar-refractivity contribution is 14.1. The molecular formula is C23H17IN2O2S. The maximum atomic E-state index is 5.91. The van der Waals surface area contributed by atoms with E-state index in [-0.39, 0.29) is 0 Å². The van der Waals surface area contributed by atoms with Crippen molar-refractivity contribution < 1.29 is 9.47 Å². The summed E-state index contributed by atoms with van der Waals surface area (Å²) in [6.07, 6.45) is 0.904. The monoisotopic (exact) mass is 512 g/mol. The largest absolute Gasteiger partial charge is 0.496 e. The van der Waals surface area contributed by atoms with Gasteiger partial charge >= 0.3 is 0 Å². The van der Waals surface area contributed by atoms with Gasteiger partial charge in [-0.05, 0) is 47.5 Å². The molecule has 4 nitrogen and oxygen atoms in total. The van der Waals surface area contributed by atoms with Crippen LogP contribution in [0.25, 0.3) is 22.4 Å². The summed E-state index contributed by atoms with van der Waals surface area (Å²) in [6.45, 7) is 0. The Bertz CT molecular complexity index is 1170. The van der Waals surface area contributed by atoms with Crippen molar-refractivity contribution in [3.63, 3.8) is 0 Å². The Morgan fingerprint density at radius 1 is 0.966 bits per heavy atom. The van der Waals surface area contributed by atoms with Crippen molar-refractivity contribution in [3.05, 3.63) is 77.2 Å². The normalized spacial score (nSPS) is 11.7. The number of hydrogen-bond acceptors (Lipinski definition) is 5. The number of nitrogens with zero attached hydrogens (tertiary/aromatic N) is 1. The zero-order valence-corrected chi connectivity index (χ0v) is 18.6. The van der Waals surface area contributed by atoms with Crippen LogP contribution in [0.4, 0.5) is 5.13 Å². The molecule has 5 rings (SSSR count). The van der Waals surface area contributed by atoms with Gasteiger partial charge in [0.05, 0.1) is 35.7 Å². The summed E-state index contributed by atoms with van der Waals surface area (Å²) in [6, 6.07) is 22.2. The number of nitrogens with one attached hydrogen (secondary N) is 1. The number of thiazole rings is 1. The smallest absolute Gasteiger partial charge is 0.192 e. The molecule has 4 aromatic rings. The number of hydrogen-bond donors (Lipinski definition) is 1. The molecule has 0 aliphatic heterocycles. The molecule has 3 aromatic carbocycles. The number of benzene rings is 3. The van der Waals surface area contributed by atoms with Crippen LogP contribution in [0.2, 0.25) is 0 Å². The quantitative estimate of drug-likeness (QED) is 0.205. The first-order valence-corrected chi connectivity index (χ1v) is 11.1. The Morgan fingerprint density at radius 3 is 2.45 bits per heavy atom. The molecule has 0 amide bonds. The van der Waals surface area contributed by atoms with Gasteiger partial charge in [-0.1, -0.05) is 30.3 Å². The van der Waals surface area contributed by atoms with E-state index >= 15 is 0 Å². The lowest BCUT2D eigenvalue weighted by Gasteiger charge is -2.13. The minimum Gasteiger partial charge on any atom is -0.496 e. The minimum absolute atomic E-state index is 0.805. The summed E-state index contributed by atoms with van der Waals surface area (Å²) >= 11 is 3.84.